The number of allylic oxidation sites excluding steroid dienone is 1. The predicted octanol–water partition coefficient (Wildman–Crippen LogP) is 11.3. The average Bonchev–Trinajstić information content (AvgIpc) is 2.88. The Morgan fingerprint density at radius 1 is 0.632 bits per heavy atom. The lowest BCUT2D eigenvalue weighted by Crippen LogP contribution is -2.24. The third kappa shape index (κ3) is 6.24. The molecule has 0 aliphatic carbocycles. The molecule has 0 saturated carbocycles. The van der Waals surface area contributed by atoms with Gasteiger partial charge in [0, 0.05) is 17.0 Å². The van der Waals surface area contributed by atoms with Crippen LogP contribution in [0.1, 0.15) is 167 Å². The molecule has 0 fully saturated rings. The van der Waals surface area contributed by atoms with Gasteiger partial charge in [-0.15, -0.1) is 0 Å². The van der Waals surface area contributed by atoms with Crippen LogP contribution >= 0.6 is 0 Å². The van der Waals surface area contributed by atoms with Gasteiger partial charge in [0.05, 0.1) is 0 Å². The maximum absolute atomic E-state index is 11.9. The Balaban J connectivity index is 3.06. The number of rotatable bonds is 11. The van der Waals surface area contributed by atoms with Crippen LogP contribution in [0.15, 0.2) is 30.3 Å². The highest BCUT2D eigenvalue weighted by Gasteiger charge is 2.32. The van der Waals surface area contributed by atoms with E-state index in [1.807, 2.05) is 0 Å². The highest BCUT2D eigenvalue weighted by molar-refractivity contribution is 5.65. The lowest BCUT2D eigenvalue weighted by atomic mass is 9.70. The Morgan fingerprint density at radius 3 is 1.45 bits per heavy atom. The second-order valence-corrected chi connectivity index (χ2v) is 14.2. The molecule has 0 radical (unpaired) electrons. The number of aromatic hydroxyl groups is 1. The van der Waals surface area contributed by atoms with E-state index in [1.54, 1.807) is 0 Å². The first-order valence-corrected chi connectivity index (χ1v) is 15.1. The zero-order valence-electron chi connectivity index (χ0n) is 27.3. The Labute approximate surface area is 236 Å². The summed E-state index contributed by atoms with van der Waals surface area (Å²) >= 11 is 0. The Morgan fingerprint density at radius 2 is 1.03 bits per heavy atom. The summed E-state index contributed by atoms with van der Waals surface area (Å²) in [5.41, 5.74) is 8.95. The smallest absolute Gasteiger partial charge is 0.123 e. The van der Waals surface area contributed by atoms with Crippen LogP contribution in [-0.2, 0) is 21.7 Å². The van der Waals surface area contributed by atoms with Gasteiger partial charge >= 0.3 is 0 Å². The molecule has 0 aliphatic heterocycles. The van der Waals surface area contributed by atoms with Gasteiger partial charge in [0.2, 0.25) is 0 Å². The Hall–Kier alpha value is -2.02. The number of hydrogen-bond donors (Lipinski definition) is 1. The Kier molecular flexibility index (Phi) is 9.84. The zero-order chi connectivity index (χ0) is 29.3. The van der Waals surface area contributed by atoms with E-state index in [0.29, 0.717) is 5.75 Å². The van der Waals surface area contributed by atoms with E-state index < -0.39 is 0 Å². The highest BCUT2D eigenvalue weighted by atomic mass is 16.3. The molecule has 1 nitrogen and oxygen atoms in total. The minimum atomic E-state index is -0.105. The summed E-state index contributed by atoms with van der Waals surface area (Å²) in [6.07, 6.45) is 8.65. The van der Waals surface area contributed by atoms with Crippen LogP contribution in [0.4, 0.5) is 0 Å². The summed E-state index contributed by atoms with van der Waals surface area (Å²) in [5, 5.41) is 11.9. The standard InChI is InChI=1S/C37H58O/c1-15-20-28-29(21-26(34(7,8)16-2)23-31(28)36(11,12)18-4)25(6)30-22-27(35(9,10)17-3)24-32(33(30)38)37(13,14)19-5/h15,20-25,38H,16-19H2,1-14H3. The van der Waals surface area contributed by atoms with E-state index in [4.69, 9.17) is 0 Å². The first-order chi connectivity index (χ1) is 17.4. The van der Waals surface area contributed by atoms with Crippen molar-refractivity contribution in [3.63, 3.8) is 0 Å². The van der Waals surface area contributed by atoms with Crippen molar-refractivity contribution in [2.75, 3.05) is 0 Å². The molecule has 1 unspecified atom stereocenters. The average molecular weight is 519 g/mol. The van der Waals surface area contributed by atoms with Crippen LogP contribution < -0.4 is 0 Å². The molecule has 1 atom stereocenters. The van der Waals surface area contributed by atoms with Crippen LogP contribution in [0.5, 0.6) is 5.75 Å². The Bertz CT molecular complexity index is 1140. The van der Waals surface area contributed by atoms with E-state index in [2.05, 4.69) is 133 Å². The summed E-state index contributed by atoms with van der Waals surface area (Å²) in [4.78, 5) is 0. The molecule has 1 heteroatoms. The SMILES string of the molecule is CC=Cc1c(C(C)c2cc(C(C)(C)CC)cc(C(C)(C)CC)c2O)cc(C(C)(C)CC)cc1C(C)(C)CC. The molecule has 2 rings (SSSR count). The molecular formula is C37H58O. The molecule has 0 aliphatic rings. The third-order valence-corrected chi connectivity index (χ3v) is 10.2. The van der Waals surface area contributed by atoms with Gasteiger partial charge in [0.25, 0.3) is 0 Å². The van der Waals surface area contributed by atoms with Crippen molar-refractivity contribution in [2.24, 2.45) is 0 Å². The fourth-order valence-electron chi connectivity index (χ4n) is 5.19. The van der Waals surface area contributed by atoms with Crippen molar-refractivity contribution < 1.29 is 5.11 Å². The number of benzene rings is 2. The molecule has 0 aromatic heterocycles. The second-order valence-electron chi connectivity index (χ2n) is 14.2. The molecule has 1 N–H and O–H groups in total. The van der Waals surface area contributed by atoms with Crippen molar-refractivity contribution in [1.82, 2.24) is 0 Å². The maximum atomic E-state index is 11.9. The van der Waals surface area contributed by atoms with Crippen LogP contribution in [0.25, 0.3) is 6.08 Å². The van der Waals surface area contributed by atoms with Gasteiger partial charge in [-0.25, -0.2) is 0 Å². The van der Waals surface area contributed by atoms with Gasteiger partial charge in [-0.2, -0.15) is 0 Å². The fourth-order valence-corrected chi connectivity index (χ4v) is 5.19. The molecule has 0 spiro atoms. The summed E-state index contributed by atoms with van der Waals surface area (Å²) in [7, 11) is 0. The van der Waals surface area contributed by atoms with E-state index in [1.165, 1.54) is 27.8 Å². The van der Waals surface area contributed by atoms with Crippen molar-refractivity contribution in [3.05, 3.63) is 69.3 Å². The van der Waals surface area contributed by atoms with E-state index in [9.17, 15) is 5.11 Å². The van der Waals surface area contributed by atoms with Crippen molar-refractivity contribution in [1.29, 1.82) is 0 Å². The van der Waals surface area contributed by atoms with Gasteiger partial charge in [-0.3, -0.25) is 0 Å². The minimum Gasteiger partial charge on any atom is -0.507 e. The summed E-state index contributed by atoms with van der Waals surface area (Å²) in [6.45, 7) is 32.1. The van der Waals surface area contributed by atoms with Crippen molar-refractivity contribution in [3.8, 4) is 5.75 Å². The van der Waals surface area contributed by atoms with Crippen LogP contribution in [0.3, 0.4) is 0 Å². The second kappa shape index (κ2) is 11.6. The van der Waals surface area contributed by atoms with Crippen LogP contribution in [-0.4, -0.2) is 5.11 Å². The largest absolute Gasteiger partial charge is 0.507 e. The molecule has 0 bridgehead atoms. The van der Waals surface area contributed by atoms with Gasteiger partial charge in [-0.05, 0) is 82.1 Å². The summed E-state index contributed by atoms with van der Waals surface area (Å²) in [6, 6.07) is 9.51. The zero-order valence-corrected chi connectivity index (χ0v) is 27.3. The van der Waals surface area contributed by atoms with Gasteiger partial charge in [0.1, 0.15) is 5.75 Å². The fraction of sp³-hybridized carbons (Fsp3) is 0.622. The molecule has 0 saturated heterocycles. The van der Waals surface area contributed by atoms with Crippen LogP contribution in [0, 0.1) is 0 Å². The van der Waals surface area contributed by atoms with E-state index >= 15 is 0 Å². The highest BCUT2D eigenvalue weighted by Crippen LogP contribution is 2.46. The molecule has 2 aromatic rings. The molecular weight excluding hydrogens is 460 g/mol. The molecule has 2 aromatic carbocycles. The first kappa shape index (κ1) is 32.2. The van der Waals surface area contributed by atoms with Gasteiger partial charge < -0.3 is 5.11 Å². The number of phenols is 1. The number of hydrogen-bond acceptors (Lipinski definition) is 1. The molecule has 0 amide bonds. The van der Waals surface area contributed by atoms with Gasteiger partial charge in [-0.1, -0.05) is 126 Å². The lowest BCUT2D eigenvalue weighted by Gasteiger charge is -2.34. The molecule has 212 valence electrons. The monoisotopic (exact) mass is 518 g/mol. The van der Waals surface area contributed by atoms with E-state index in [0.717, 1.165) is 36.8 Å². The van der Waals surface area contributed by atoms with Crippen molar-refractivity contribution >= 4 is 6.08 Å². The minimum absolute atomic E-state index is 0.0360. The van der Waals surface area contributed by atoms with E-state index in [-0.39, 0.29) is 27.6 Å². The van der Waals surface area contributed by atoms with Crippen molar-refractivity contribution in [2.45, 2.75) is 150 Å². The first-order valence-electron chi connectivity index (χ1n) is 15.1. The molecule has 0 heterocycles. The number of phenolic OH excluding ortho intramolecular Hbond substituents is 1. The quantitative estimate of drug-likeness (QED) is 0.313. The van der Waals surface area contributed by atoms with Gasteiger partial charge in [0.15, 0.2) is 0 Å². The summed E-state index contributed by atoms with van der Waals surface area (Å²) in [5.74, 6) is 0.530. The molecule has 38 heavy (non-hydrogen) atoms. The third-order valence-electron chi connectivity index (χ3n) is 10.2. The normalized spacial score (nSPS) is 14.4. The summed E-state index contributed by atoms with van der Waals surface area (Å²) < 4.78 is 0. The predicted molar refractivity (Wildman–Crippen MR) is 170 cm³/mol. The topological polar surface area (TPSA) is 20.2 Å². The lowest BCUT2D eigenvalue weighted by molar-refractivity contribution is 0.418. The van der Waals surface area contributed by atoms with Crippen LogP contribution in [0.2, 0.25) is 0 Å². The maximum Gasteiger partial charge on any atom is 0.123 e.